The van der Waals surface area contributed by atoms with Crippen molar-refractivity contribution in [2.45, 2.75) is 20.0 Å². The Morgan fingerprint density at radius 2 is 2.18 bits per heavy atom. The van der Waals surface area contributed by atoms with Gasteiger partial charge in [0.25, 0.3) is 0 Å². The summed E-state index contributed by atoms with van der Waals surface area (Å²) in [5.74, 6) is 0.494. The third-order valence-electron chi connectivity index (χ3n) is 2.31. The van der Waals surface area contributed by atoms with Crippen molar-refractivity contribution in [2.24, 2.45) is 0 Å². The smallest absolute Gasteiger partial charge is 0.133 e. The molecule has 1 aromatic carbocycles. The molecule has 0 saturated heterocycles. The van der Waals surface area contributed by atoms with Crippen LogP contribution in [0.2, 0.25) is 5.02 Å². The van der Waals surface area contributed by atoms with Crippen LogP contribution in [0.15, 0.2) is 28.8 Å². The lowest BCUT2D eigenvalue weighted by molar-refractivity contribution is 0.388. The van der Waals surface area contributed by atoms with Gasteiger partial charge in [-0.25, -0.2) is 4.39 Å². The Morgan fingerprint density at radius 3 is 2.88 bits per heavy atom. The molecule has 17 heavy (non-hydrogen) atoms. The molecule has 1 N–H and O–H groups in total. The molecule has 0 aliphatic rings. The second-order valence-electron chi connectivity index (χ2n) is 3.77. The highest BCUT2D eigenvalue weighted by Gasteiger charge is 2.04. The third kappa shape index (κ3) is 3.28. The Morgan fingerprint density at radius 1 is 1.35 bits per heavy atom. The van der Waals surface area contributed by atoms with Crippen molar-refractivity contribution in [3.05, 3.63) is 52.1 Å². The van der Waals surface area contributed by atoms with Crippen LogP contribution in [0, 0.1) is 12.7 Å². The van der Waals surface area contributed by atoms with Gasteiger partial charge in [0.2, 0.25) is 0 Å². The van der Waals surface area contributed by atoms with E-state index in [1.807, 2.05) is 13.0 Å². The van der Waals surface area contributed by atoms with Gasteiger partial charge >= 0.3 is 0 Å². The minimum absolute atomic E-state index is 0.266. The average molecular weight is 255 g/mol. The van der Waals surface area contributed by atoms with Gasteiger partial charge in [-0.05, 0) is 25.1 Å². The number of aryl methyl sites for hydroxylation is 1. The first-order valence-electron chi connectivity index (χ1n) is 5.22. The van der Waals surface area contributed by atoms with Crippen molar-refractivity contribution in [1.82, 2.24) is 10.5 Å². The number of rotatable bonds is 4. The fourth-order valence-electron chi connectivity index (χ4n) is 1.51. The Hall–Kier alpha value is -1.39. The molecule has 2 aromatic rings. The van der Waals surface area contributed by atoms with Crippen molar-refractivity contribution in [1.29, 1.82) is 0 Å². The summed E-state index contributed by atoms with van der Waals surface area (Å²) < 4.78 is 18.3. The maximum absolute atomic E-state index is 13.4. The summed E-state index contributed by atoms with van der Waals surface area (Å²) in [5.41, 5.74) is 1.34. The molecule has 0 fully saturated rings. The summed E-state index contributed by atoms with van der Waals surface area (Å²) in [4.78, 5) is 0. The average Bonchev–Trinajstić information content (AvgIpc) is 2.69. The first-order valence-corrected chi connectivity index (χ1v) is 5.60. The lowest BCUT2D eigenvalue weighted by Crippen LogP contribution is -2.13. The fourth-order valence-corrected chi connectivity index (χ4v) is 1.70. The molecule has 3 nitrogen and oxygen atoms in total. The van der Waals surface area contributed by atoms with Crippen molar-refractivity contribution in [3.8, 4) is 0 Å². The maximum atomic E-state index is 13.4. The van der Waals surface area contributed by atoms with E-state index in [1.165, 1.54) is 12.1 Å². The summed E-state index contributed by atoms with van der Waals surface area (Å²) >= 11 is 5.79. The van der Waals surface area contributed by atoms with Gasteiger partial charge in [0.15, 0.2) is 0 Å². The molecule has 90 valence electrons. The van der Waals surface area contributed by atoms with E-state index in [9.17, 15) is 4.39 Å². The monoisotopic (exact) mass is 254 g/mol. The molecule has 0 aliphatic carbocycles. The van der Waals surface area contributed by atoms with Gasteiger partial charge in [0.1, 0.15) is 11.6 Å². The van der Waals surface area contributed by atoms with Crippen LogP contribution in [-0.2, 0) is 13.1 Å². The van der Waals surface area contributed by atoms with Crippen LogP contribution < -0.4 is 5.32 Å². The van der Waals surface area contributed by atoms with E-state index in [1.54, 1.807) is 6.07 Å². The topological polar surface area (TPSA) is 38.1 Å². The maximum Gasteiger partial charge on any atom is 0.133 e. The van der Waals surface area contributed by atoms with Crippen LogP contribution in [0.5, 0.6) is 0 Å². The summed E-state index contributed by atoms with van der Waals surface area (Å²) in [7, 11) is 0. The molecule has 5 heteroatoms. The molecular weight excluding hydrogens is 243 g/mol. The zero-order chi connectivity index (χ0) is 12.3. The normalized spacial score (nSPS) is 10.8. The number of nitrogens with one attached hydrogen (secondary N) is 1. The zero-order valence-corrected chi connectivity index (χ0v) is 10.1. The van der Waals surface area contributed by atoms with E-state index in [4.69, 9.17) is 16.1 Å². The molecule has 2 rings (SSSR count). The number of hydrogen-bond acceptors (Lipinski definition) is 3. The summed E-state index contributed by atoms with van der Waals surface area (Å²) in [6.45, 7) is 2.76. The molecule has 0 saturated carbocycles. The summed E-state index contributed by atoms with van der Waals surface area (Å²) in [5, 5.41) is 7.44. The van der Waals surface area contributed by atoms with Crippen molar-refractivity contribution in [2.75, 3.05) is 0 Å². The largest absolute Gasteiger partial charge is 0.361 e. The van der Waals surface area contributed by atoms with Crippen molar-refractivity contribution >= 4 is 11.6 Å². The zero-order valence-electron chi connectivity index (χ0n) is 9.34. The van der Waals surface area contributed by atoms with E-state index in [-0.39, 0.29) is 5.82 Å². The second-order valence-corrected chi connectivity index (χ2v) is 4.20. The van der Waals surface area contributed by atoms with Gasteiger partial charge in [-0.2, -0.15) is 0 Å². The lowest BCUT2D eigenvalue weighted by atomic mass is 10.2. The van der Waals surface area contributed by atoms with Gasteiger partial charge in [0, 0.05) is 29.7 Å². The first-order chi connectivity index (χ1) is 8.15. The quantitative estimate of drug-likeness (QED) is 0.911. The van der Waals surface area contributed by atoms with Gasteiger partial charge in [-0.1, -0.05) is 16.8 Å². The number of hydrogen-bond donors (Lipinski definition) is 1. The number of halogens is 2. The van der Waals surface area contributed by atoms with Gasteiger partial charge in [-0.3, -0.25) is 0 Å². The molecule has 0 unspecified atom stereocenters. The van der Waals surface area contributed by atoms with Crippen LogP contribution in [0.3, 0.4) is 0 Å². The van der Waals surface area contributed by atoms with Crippen LogP contribution in [0.25, 0.3) is 0 Å². The Balaban J connectivity index is 1.91. The molecular formula is C12H12ClFN2O. The molecule has 0 radical (unpaired) electrons. The second kappa shape index (κ2) is 5.29. The SMILES string of the molecule is Cc1cc(CNCc2cc(Cl)ccc2F)no1. The highest BCUT2D eigenvalue weighted by Crippen LogP contribution is 2.14. The fraction of sp³-hybridized carbons (Fsp3) is 0.250. The van der Waals surface area contributed by atoms with Gasteiger partial charge in [0.05, 0.1) is 5.69 Å². The predicted octanol–water partition coefficient (Wildman–Crippen LogP) is 3.07. The standard InChI is InChI=1S/C12H12ClFN2O/c1-8-4-11(16-17-8)7-15-6-9-5-10(13)2-3-12(9)14/h2-5,15H,6-7H2,1H3. The molecule has 0 amide bonds. The van der Waals surface area contributed by atoms with Crippen LogP contribution in [0.4, 0.5) is 4.39 Å². The minimum Gasteiger partial charge on any atom is -0.361 e. The highest BCUT2D eigenvalue weighted by molar-refractivity contribution is 6.30. The van der Waals surface area contributed by atoms with E-state index in [2.05, 4.69) is 10.5 Å². The van der Waals surface area contributed by atoms with Gasteiger partial charge in [-0.15, -0.1) is 0 Å². The van der Waals surface area contributed by atoms with Crippen molar-refractivity contribution in [3.63, 3.8) is 0 Å². The van der Waals surface area contributed by atoms with Gasteiger partial charge < -0.3 is 9.84 Å². The molecule has 1 heterocycles. The van der Waals surface area contributed by atoms with Crippen LogP contribution in [0.1, 0.15) is 17.0 Å². The highest BCUT2D eigenvalue weighted by atomic mass is 35.5. The number of aromatic nitrogens is 1. The molecule has 0 atom stereocenters. The van der Waals surface area contributed by atoms with Crippen LogP contribution >= 0.6 is 11.6 Å². The van der Waals surface area contributed by atoms with Crippen LogP contribution in [-0.4, -0.2) is 5.16 Å². The summed E-state index contributed by atoms with van der Waals surface area (Å²) in [6, 6.07) is 6.33. The number of benzene rings is 1. The van der Waals surface area contributed by atoms with E-state index >= 15 is 0 Å². The Labute approximate surface area is 104 Å². The molecule has 1 aromatic heterocycles. The van der Waals surface area contributed by atoms with E-state index in [0.29, 0.717) is 23.7 Å². The summed E-state index contributed by atoms with van der Waals surface area (Å²) in [6.07, 6.45) is 0. The third-order valence-corrected chi connectivity index (χ3v) is 2.54. The predicted molar refractivity (Wildman–Crippen MR) is 63.2 cm³/mol. The minimum atomic E-state index is -0.266. The van der Waals surface area contributed by atoms with E-state index in [0.717, 1.165) is 11.5 Å². The number of nitrogens with zero attached hydrogens (tertiary/aromatic N) is 1. The molecule has 0 bridgehead atoms. The van der Waals surface area contributed by atoms with E-state index < -0.39 is 0 Å². The lowest BCUT2D eigenvalue weighted by Gasteiger charge is -2.04. The Bertz CT molecular complexity index is 513. The molecule has 0 aliphatic heterocycles. The first kappa shape index (κ1) is 12.1. The molecule has 0 spiro atoms. The van der Waals surface area contributed by atoms with Crippen molar-refractivity contribution < 1.29 is 8.91 Å². The Kier molecular flexibility index (Phi) is 3.76.